The fraction of sp³-hybridized carbons (Fsp3) is 0.167. The fourth-order valence-electron chi connectivity index (χ4n) is 0.553. The molecule has 0 N–H and O–H groups in total. The zero-order valence-electron chi connectivity index (χ0n) is 4.94. The van der Waals surface area contributed by atoms with Gasteiger partial charge >= 0.3 is 0 Å². The summed E-state index contributed by atoms with van der Waals surface area (Å²) in [5.74, 6) is 0.340. The molecule has 0 unspecified atom stereocenters. The molecule has 0 amide bonds. The molecule has 1 heterocycles. The van der Waals surface area contributed by atoms with E-state index in [4.69, 9.17) is 34.8 Å². The van der Waals surface area contributed by atoms with Crippen molar-refractivity contribution < 1.29 is 0 Å². The molecule has 1 aromatic heterocycles. The van der Waals surface area contributed by atoms with E-state index in [1.807, 2.05) is 0 Å². The van der Waals surface area contributed by atoms with Crippen molar-refractivity contribution in [1.82, 2.24) is 4.98 Å². The molecular formula is C6H4Cl3N. The Hall–Kier alpha value is 0.0200. The molecule has 0 atom stereocenters. The van der Waals surface area contributed by atoms with E-state index >= 15 is 0 Å². The topological polar surface area (TPSA) is 12.9 Å². The van der Waals surface area contributed by atoms with Crippen molar-refractivity contribution in [3.05, 3.63) is 28.0 Å². The monoisotopic (exact) mass is 195 g/mol. The molecule has 0 saturated carbocycles. The summed E-state index contributed by atoms with van der Waals surface area (Å²) in [6, 6.07) is 0. The van der Waals surface area contributed by atoms with Crippen molar-refractivity contribution in [2.75, 3.05) is 0 Å². The van der Waals surface area contributed by atoms with E-state index < -0.39 is 0 Å². The maximum absolute atomic E-state index is 5.74. The van der Waals surface area contributed by atoms with Crippen LogP contribution in [0.25, 0.3) is 0 Å². The average Bonchev–Trinajstić information content (AvgIpc) is 1.95. The number of pyridine rings is 1. The maximum atomic E-state index is 5.74. The molecule has 0 radical (unpaired) electrons. The van der Waals surface area contributed by atoms with Crippen LogP contribution in [0.1, 0.15) is 5.56 Å². The third-order valence-electron chi connectivity index (χ3n) is 1.05. The minimum atomic E-state index is 0.340. The molecule has 10 heavy (non-hydrogen) atoms. The van der Waals surface area contributed by atoms with Gasteiger partial charge in [0.25, 0.3) is 0 Å². The van der Waals surface area contributed by atoms with Crippen LogP contribution in [0.4, 0.5) is 0 Å². The van der Waals surface area contributed by atoms with Gasteiger partial charge in [0.05, 0.1) is 15.9 Å². The van der Waals surface area contributed by atoms with Crippen LogP contribution >= 0.6 is 34.8 Å². The first-order valence-electron chi connectivity index (χ1n) is 2.59. The summed E-state index contributed by atoms with van der Waals surface area (Å²) in [4.78, 5) is 3.82. The zero-order valence-corrected chi connectivity index (χ0v) is 7.21. The van der Waals surface area contributed by atoms with Gasteiger partial charge in [0, 0.05) is 18.0 Å². The Labute approximate surface area is 73.9 Å². The maximum Gasteiger partial charge on any atom is 0.0778 e. The number of alkyl halides is 1. The number of nitrogens with zero attached hydrogens (tertiary/aromatic N) is 1. The van der Waals surface area contributed by atoms with Gasteiger partial charge in [-0.25, -0.2) is 0 Å². The number of hydrogen-bond donors (Lipinski definition) is 0. The highest BCUT2D eigenvalue weighted by molar-refractivity contribution is 6.42. The lowest BCUT2D eigenvalue weighted by atomic mass is 10.3. The van der Waals surface area contributed by atoms with Crippen LogP contribution in [-0.4, -0.2) is 4.98 Å². The number of halogens is 3. The standard InChI is InChI=1S/C6H4Cl3N/c7-1-4-2-10-3-5(8)6(4)9/h2-3H,1H2. The van der Waals surface area contributed by atoms with Gasteiger partial charge in [-0.05, 0) is 0 Å². The molecule has 0 fully saturated rings. The SMILES string of the molecule is ClCc1cncc(Cl)c1Cl. The third kappa shape index (κ3) is 1.54. The highest BCUT2D eigenvalue weighted by Gasteiger charge is 2.02. The second kappa shape index (κ2) is 3.42. The molecule has 0 aromatic carbocycles. The van der Waals surface area contributed by atoms with Crippen molar-refractivity contribution >= 4 is 34.8 Å². The predicted molar refractivity (Wildman–Crippen MR) is 43.8 cm³/mol. The van der Waals surface area contributed by atoms with Gasteiger partial charge in [0.1, 0.15) is 0 Å². The van der Waals surface area contributed by atoms with Gasteiger partial charge in [-0.3, -0.25) is 4.98 Å². The summed E-state index contributed by atoms with van der Waals surface area (Å²) in [7, 11) is 0. The molecule has 0 aliphatic carbocycles. The highest BCUT2D eigenvalue weighted by atomic mass is 35.5. The van der Waals surface area contributed by atoms with Gasteiger partial charge in [0.15, 0.2) is 0 Å². The van der Waals surface area contributed by atoms with Crippen LogP contribution < -0.4 is 0 Å². The Kier molecular flexibility index (Phi) is 2.78. The van der Waals surface area contributed by atoms with E-state index in [0.29, 0.717) is 15.9 Å². The minimum Gasteiger partial charge on any atom is -0.263 e. The van der Waals surface area contributed by atoms with E-state index in [0.717, 1.165) is 5.56 Å². The third-order valence-corrected chi connectivity index (χ3v) is 2.17. The molecule has 1 nitrogen and oxygen atoms in total. The van der Waals surface area contributed by atoms with Crippen LogP contribution in [0.2, 0.25) is 10.0 Å². The first-order chi connectivity index (χ1) is 4.75. The molecule has 0 saturated heterocycles. The second-order valence-corrected chi connectivity index (χ2v) is 2.78. The molecule has 1 aromatic rings. The minimum absolute atomic E-state index is 0.340. The van der Waals surface area contributed by atoms with Crippen LogP contribution in [0.5, 0.6) is 0 Å². The van der Waals surface area contributed by atoms with Crippen LogP contribution in [0.15, 0.2) is 12.4 Å². The van der Waals surface area contributed by atoms with Gasteiger partial charge in [-0.15, -0.1) is 11.6 Å². The fourth-order valence-corrected chi connectivity index (χ4v) is 1.17. The van der Waals surface area contributed by atoms with Crippen LogP contribution in [0, 0.1) is 0 Å². The summed E-state index contributed by atoms with van der Waals surface area (Å²) in [6.07, 6.45) is 3.08. The van der Waals surface area contributed by atoms with Gasteiger partial charge in [-0.2, -0.15) is 0 Å². The molecule has 54 valence electrons. The average molecular weight is 196 g/mol. The zero-order chi connectivity index (χ0) is 7.56. The molecule has 0 spiro atoms. The lowest BCUT2D eigenvalue weighted by Crippen LogP contribution is -1.82. The van der Waals surface area contributed by atoms with E-state index in [1.54, 1.807) is 6.20 Å². The first-order valence-corrected chi connectivity index (χ1v) is 3.88. The normalized spacial score (nSPS) is 9.90. The summed E-state index contributed by atoms with van der Waals surface area (Å²) in [6.45, 7) is 0. The smallest absolute Gasteiger partial charge is 0.0778 e. The molecule has 0 bridgehead atoms. The van der Waals surface area contributed by atoms with E-state index in [9.17, 15) is 0 Å². The van der Waals surface area contributed by atoms with Crippen LogP contribution in [-0.2, 0) is 5.88 Å². The second-order valence-electron chi connectivity index (χ2n) is 1.73. The lowest BCUT2D eigenvalue weighted by molar-refractivity contribution is 1.25. The van der Waals surface area contributed by atoms with Crippen molar-refractivity contribution in [2.45, 2.75) is 5.88 Å². The number of rotatable bonds is 1. The van der Waals surface area contributed by atoms with E-state index in [-0.39, 0.29) is 0 Å². The molecule has 0 aliphatic rings. The molecule has 4 heteroatoms. The predicted octanol–water partition coefficient (Wildman–Crippen LogP) is 3.13. The van der Waals surface area contributed by atoms with Gasteiger partial charge < -0.3 is 0 Å². The Balaban J connectivity index is 3.14. The summed E-state index contributed by atoms with van der Waals surface area (Å²) < 4.78 is 0. The summed E-state index contributed by atoms with van der Waals surface area (Å²) in [5.41, 5.74) is 0.760. The Bertz CT molecular complexity index is 236. The van der Waals surface area contributed by atoms with Crippen molar-refractivity contribution in [2.24, 2.45) is 0 Å². The Morgan fingerprint density at radius 3 is 2.50 bits per heavy atom. The molecular weight excluding hydrogens is 192 g/mol. The van der Waals surface area contributed by atoms with E-state index in [2.05, 4.69) is 4.98 Å². The number of hydrogen-bond acceptors (Lipinski definition) is 1. The van der Waals surface area contributed by atoms with Crippen LogP contribution in [0.3, 0.4) is 0 Å². The Morgan fingerprint density at radius 2 is 2.00 bits per heavy atom. The van der Waals surface area contributed by atoms with Crippen molar-refractivity contribution in [3.8, 4) is 0 Å². The van der Waals surface area contributed by atoms with Crippen molar-refractivity contribution in [3.63, 3.8) is 0 Å². The summed E-state index contributed by atoms with van der Waals surface area (Å²) >= 11 is 16.9. The molecule has 1 rings (SSSR count). The van der Waals surface area contributed by atoms with Gasteiger partial charge in [-0.1, -0.05) is 23.2 Å². The quantitative estimate of drug-likeness (QED) is 0.629. The van der Waals surface area contributed by atoms with Crippen molar-refractivity contribution in [1.29, 1.82) is 0 Å². The largest absolute Gasteiger partial charge is 0.263 e. The lowest BCUT2D eigenvalue weighted by Gasteiger charge is -1.98. The van der Waals surface area contributed by atoms with Gasteiger partial charge in [0.2, 0.25) is 0 Å². The number of aromatic nitrogens is 1. The molecule has 0 aliphatic heterocycles. The summed E-state index contributed by atoms with van der Waals surface area (Å²) in [5, 5.41) is 0.937. The van der Waals surface area contributed by atoms with E-state index in [1.165, 1.54) is 6.20 Å². The first kappa shape index (κ1) is 8.12. The highest BCUT2D eigenvalue weighted by Crippen LogP contribution is 2.24. The Morgan fingerprint density at radius 1 is 1.30 bits per heavy atom.